The fraction of sp³-hybridized carbons (Fsp3) is 0.400. The van der Waals surface area contributed by atoms with E-state index in [-0.39, 0.29) is 5.09 Å². The third kappa shape index (κ3) is 3.38. The zero-order chi connectivity index (χ0) is 12.0. The predicted octanol–water partition coefficient (Wildman–Crippen LogP) is 0.301. The van der Waals surface area contributed by atoms with Gasteiger partial charge in [0.25, 0.3) is 10.0 Å². The molecule has 5 nitrogen and oxygen atoms in total. The van der Waals surface area contributed by atoms with Crippen molar-refractivity contribution in [1.82, 2.24) is 10.0 Å². The van der Waals surface area contributed by atoms with E-state index in [4.69, 9.17) is 4.42 Å². The Morgan fingerprint density at radius 2 is 2.19 bits per heavy atom. The maximum Gasteiger partial charge on any atom is 0.273 e. The lowest BCUT2D eigenvalue weighted by Gasteiger charge is -1.98. The molecule has 0 fully saturated rings. The van der Waals surface area contributed by atoms with Gasteiger partial charge < -0.3 is 4.42 Å². The molecule has 1 aromatic rings. The molecule has 0 atom stereocenters. The maximum absolute atomic E-state index is 11.3. The monoisotopic (exact) mass is 242 g/mol. The Labute approximate surface area is 95.3 Å². The van der Waals surface area contributed by atoms with Gasteiger partial charge in [0.1, 0.15) is 5.76 Å². The summed E-state index contributed by atoms with van der Waals surface area (Å²) in [7, 11) is -2.15. The second-order valence-electron chi connectivity index (χ2n) is 2.96. The van der Waals surface area contributed by atoms with Crippen molar-refractivity contribution in [1.29, 1.82) is 0 Å². The van der Waals surface area contributed by atoms with Crippen LogP contribution in [0.2, 0.25) is 0 Å². The zero-order valence-electron chi connectivity index (χ0n) is 9.20. The van der Waals surface area contributed by atoms with Crippen LogP contribution in [0.25, 0.3) is 0 Å². The van der Waals surface area contributed by atoms with Gasteiger partial charge in [-0.2, -0.15) is 0 Å². The first kappa shape index (κ1) is 12.8. The van der Waals surface area contributed by atoms with Gasteiger partial charge in [-0.25, -0.2) is 13.1 Å². The second-order valence-corrected chi connectivity index (χ2v) is 4.78. The quantitative estimate of drug-likeness (QED) is 0.575. The van der Waals surface area contributed by atoms with Crippen LogP contribution in [0.3, 0.4) is 0 Å². The van der Waals surface area contributed by atoms with Crippen LogP contribution in [0, 0.1) is 11.8 Å². The van der Waals surface area contributed by atoms with Gasteiger partial charge in [-0.15, -0.1) is 5.92 Å². The summed E-state index contributed by atoms with van der Waals surface area (Å²) in [6.45, 7) is 2.76. The van der Waals surface area contributed by atoms with E-state index >= 15 is 0 Å². The molecule has 2 N–H and O–H groups in total. The predicted molar refractivity (Wildman–Crippen MR) is 60.1 cm³/mol. The molecule has 0 radical (unpaired) electrons. The van der Waals surface area contributed by atoms with E-state index in [1.165, 1.54) is 13.1 Å². The van der Waals surface area contributed by atoms with Gasteiger partial charge in [0.15, 0.2) is 0 Å². The van der Waals surface area contributed by atoms with E-state index in [9.17, 15) is 8.42 Å². The first-order valence-electron chi connectivity index (χ1n) is 4.72. The van der Waals surface area contributed by atoms with Gasteiger partial charge >= 0.3 is 0 Å². The van der Waals surface area contributed by atoms with E-state index in [0.29, 0.717) is 18.8 Å². The molecule has 88 valence electrons. The lowest BCUT2D eigenvalue weighted by atomic mass is 10.4. The molecule has 0 bridgehead atoms. The fourth-order valence-electron chi connectivity index (χ4n) is 1.03. The minimum atomic E-state index is -3.49. The SMILES string of the molecule is CC#CCNCc1ccc(S(=O)(=O)NC)o1. The summed E-state index contributed by atoms with van der Waals surface area (Å²) in [5, 5.41) is 2.93. The van der Waals surface area contributed by atoms with Gasteiger partial charge in [0.05, 0.1) is 13.1 Å². The summed E-state index contributed by atoms with van der Waals surface area (Å²) in [5.74, 6) is 6.14. The Morgan fingerprint density at radius 1 is 1.44 bits per heavy atom. The molecule has 16 heavy (non-hydrogen) atoms. The van der Waals surface area contributed by atoms with Crippen LogP contribution in [0.15, 0.2) is 21.6 Å². The number of hydrogen-bond donors (Lipinski definition) is 2. The van der Waals surface area contributed by atoms with E-state index in [2.05, 4.69) is 21.9 Å². The van der Waals surface area contributed by atoms with Gasteiger partial charge in [0.2, 0.25) is 5.09 Å². The lowest BCUT2D eigenvalue weighted by molar-refractivity contribution is 0.404. The highest BCUT2D eigenvalue weighted by atomic mass is 32.2. The van der Waals surface area contributed by atoms with Crippen molar-refractivity contribution in [2.75, 3.05) is 13.6 Å². The number of sulfonamides is 1. The zero-order valence-corrected chi connectivity index (χ0v) is 10.0. The summed E-state index contributed by atoms with van der Waals surface area (Å²) in [6, 6.07) is 3.05. The Morgan fingerprint density at radius 3 is 2.81 bits per heavy atom. The molecule has 0 aliphatic rings. The molecular formula is C10H14N2O3S. The highest BCUT2D eigenvalue weighted by Crippen LogP contribution is 2.12. The average Bonchev–Trinajstić information content (AvgIpc) is 2.74. The number of hydrogen-bond acceptors (Lipinski definition) is 4. The standard InChI is InChI=1S/C10H14N2O3S/c1-3-4-7-12-8-9-5-6-10(15-9)16(13,14)11-2/h5-6,11-12H,7-8H2,1-2H3. The van der Waals surface area contributed by atoms with Crippen LogP contribution >= 0.6 is 0 Å². The van der Waals surface area contributed by atoms with Crippen molar-refractivity contribution in [2.45, 2.75) is 18.6 Å². The van der Waals surface area contributed by atoms with Crippen LogP contribution in [0.4, 0.5) is 0 Å². The fourth-order valence-corrected chi connectivity index (χ4v) is 1.70. The van der Waals surface area contributed by atoms with Crippen LogP contribution in [-0.2, 0) is 16.6 Å². The highest BCUT2D eigenvalue weighted by molar-refractivity contribution is 7.89. The van der Waals surface area contributed by atoms with Crippen LogP contribution < -0.4 is 10.0 Å². The summed E-state index contributed by atoms with van der Waals surface area (Å²) in [6.07, 6.45) is 0. The third-order valence-electron chi connectivity index (χ3n) is 1.86. The molecular weight excluding hydrogens is 228 g/mol. The van der Waals surface area contributed by atoms with Gasteiger partial charge in [-0.3, -0.25) is 5.32 Å². The normalized spacial score (nSPS) is 10.9. The highest BCUT2D eigenvalue weighted by Gasteiger charge is 2.15. The number of rotatable bonds is 5. The Bertz CT molecular complexity index is 494. The minimum Gasteiger partial charge on any atom is -0.447 e. The van der Waals surface area contributed by atoms with Crippen molar-refractivity contribution in [3.63, 3.8) is 0 Å². The summed E-state index contributed by atoms with van der Waals surface area (Å²) < 4.78 is 30.0. The molecule has 0 amide bonds. The van der Waals surface area contributed by atoms with Gasteiger partial charge in [0, 0.05) is 0 Å². The van der Waals surface area contributed by atoms with E-state index < -0.39 is 10.0 Å². The Kier molecular flexibility index (Phi) is 4.55. The van der Waals surface area contributed by atoms with E-state index in [0.717, 1.165) is 0 Å². The summed E-state index contributed by atoms with van der Waals surface area (Å²) in [4.78, 5) is 0. The van der Waals surface area contributed by atoms with E-state index in [1.54, 1.807) is 13.0 Å². The Balaban J connectivity index is 2.61. The number of furan rings is 1. The molecule has 1 heterocycles. The second kappa shape index (κ2) is 5.70. The molecule has 0 unspecified atom stereocenters. The van der Waals surface area contributed by atoms with Crippen molar-refractivity contribution < 1.29 is 12.8 Å². The molecule has 6 heteroatoms. The van der Waals surface area contributed by atoms with Crippen molar-refractivity contribution in [2.24, 2.45) is 0 Å². The van der Waals surface area contributed by atoms with Crippen molar-refractivity contribution in [3.8, 4) is 11.8 Å². The number of nitrogens with one attached hydrogen (secondary N) is 2. The molecule has 0 saturated heterocycles. The maximum atomic E-state index is 11.3. The molecule has 0 saturated carbocycles. The molecule has 1 aromatic heterocycles. The first-order chi connectivity index (χ1) is 7.60. The van der Waals surface area contributed by atoms with Gasteiger partial charge in [-0.05, 0) is 26.1 Å². The summed E-state index contributed by atoms with van der Waals surface area (Å²) in [5.41, 5.74) is 0. The Hall–Kier alpha value is -1.29. The molecule has 0 aromatic carbocycles. The third-order valence-corrected chi connectivity index (χ3v) is 3.15. The first-order valence-corrected chi connectivity index (χ1v) is 6.21. The molecule has 0 aliphatic heterocycles. The van der Waals surface area contributed by atoms with E-state index in [1.807, 2.05) is 0 Å². The topological polar surface area (TPSA) is 71.3 Å². The molecule has 1 rings (SSSR count). The molecule has 0 spiro atoms. The lowest BCUT2D eigenvalue weighted by Crippen LogP contribution is -2.18. The van der Waals surface area contributed by atoms with Gasteiger partial charge in [-0.1, -0.05) is 5.92 Å². The van der Waals surface area contributed by atoms with Crippen LogP contribution in [0.5, 0.6) is 0 Å². The minimum absolute atomic E-state index is 0.0756. The van der Waals surface area contributed by atoms with Crippen LogP contribution in [-0.4, -0.2) is 22.0 Å². The molecule has 0 aliphatic carbocycles. The smallest absolute Gasteiger partial charge is 0.273 e. The van der Waals surface area contributed by atoms with Crippen LogP contribution in [0.1, 0.15) is 12.7 Å². The summed E-state index contributed by atoms with van der Waals surface area (Å²) >= 11 is 0. The largest absolute Gasteiger partial charge is 0.447 e. The van der Waals surface area contributed by atoms with Crippen molar-refractivity contribution >= 4 is 10.0 Å². The average molecular weight is 242 g/mol. The van der Waals surface area contributed by atoms with Crippen molar-refractivity contribution in [3.05, 3.63) is 17.9 Å².